The molecular weight excluding hydrogens is 793 g/mol. The van der Waals surface area contributed by atoms with Crippen LogP contribution in [0.15, 0.2) is 146 Å². The number of carbonyl (C=O) groups excluding carboxylic acids is 6. The Labute approximate surface area is 366 Å². The van der Waals surface area contributed by atoms with Crippen LogP contribution in [0.25, 0.3) is 0 Å². The third-order valence-corrected chi connectivity index (χ3v) is 10.6. The van der Waals surface area contributed by atoms with E-state index >= 15 is 0 Å². The van der Waals surface area contributed by atoms with Gasteiger partial charge in [0.25, 0.3) is 35.4 Å². The molecule has 6 aromatic carbocycles. The Morgan fingerprint density at radius 1 is 0.302 bits per heavy atom. The zero-order valence-electron chi connectivity index (χ0n) is 35.4. The molecule has 6 amide bonds. The van der Waals surface area contributed by atoms with Crippen LogP contribution in [-0.2, 0) is 0 Å². The van der Waals surface area contributed by atoms with Gasteiger partial charge in [0.2, 0.25) is 0 Å². The average Bonchev–Trinajstić information content (AvgIpc) is 3.31. The van der Waals surface area contributed by atoms with Gasteiger partial charge < -0.3 is 30.7 Å². The summed E-state index contributed by atoms with van der Waals surface area (Å²) in [5.74, 6) is -1.76. The summed E-state index contributed by atoms with van der Waals surface area (Å²) in [6, 6.07) is 40.3. The molecular formula is C51H48N6O6. The van der Waals surface area contributed by atoms with Crippen molar-refractivity contribution in [3.63, 3.8) is 0 Å². The molecule has 318 valence electrons. The third-order valence-electron chi connectivity index (χ3n) is 10.6. The van der Waals surface area contributed by atoms with E-state index in [-0.39, 0.29) is 35.4 Å². The van der Waals surface area contributed by atoms with E-state index in [1.165, 1.54) is 0 Å². The lowest BCUT2D eigenvalue weighted by atomic mass is 10.1. The fraction of sp³-hybridized carbons (Fsp3) is 0.176. The number of hydrogen-bond acceptors (Lipinski definition) is 6. The molecule has 10 aliphatic heterocycles. The Kier molecular flexibility index (Phi) is 13.5. The molecule has 12 heteroatoms. The van der Waals surface area contributed by atoms with Gasteiger partial charge in [-0.05, 0) is 165 Å². The van der Waals surface area contributed by atoms with Gasteiger partial charge in [-0.25, -0.2) is 0 Å². The Hall–Kier alpha value is -7.86. The maximum absolute atomic E-state index is 13.8. The number of hydrogen-bond donors (Lipinski definition) is 3. The summed E-state index contributed by atoms with van der Waals surface area (Å²) < 4.78 is 0. The van der Waals surface area contributed by atoms with E-state index in [1.807, 2.05) is 20.8 Å². The molecule has 0 fully saturated rings. The summed E-state index contributed by atoms with van der Waals surface area (Å²) in [4.78, 5) is 86.2. The molecule has 3 N–H and O–H groups in total. The number of benzene rings is 6. The maximum Gasteiger partial charge on any atom is 0.258 e. The molecule has 0 saturated heterocycles. The summed E-state index contributed by atoms with van der Waals surface area (Å²) in [5.41, 5.74) is 5.80. The number of rotatable bonds is 6. The second-order valence-electron chi connectivity index (χ2n) is 15.1. The zero-order valence-corrected chi connectivity index (χ0v) is 35.4. The van der Waals surface area contributed by atoms with Crippen molar-refractivity contribution in [2.45, 2.75) is 40.0 Å². The highest BCUT2D eigenvalue weighted by Gasteiger charge is 2.22. The van der Waals surface area contributed by atoms with Crippen molar-refractivity contribution in [1.29, 1.82) is 0 Å². The van der Waals surface area contributed by atoms with Crippen LogP contribution in [0.1, 0.15) is 102 Å². The van der Waals surface area contributed by atoms with Crippen molar-refractivity contribution in [2.24, 2.45) is 0 Å². The fourth-order valence-electron chi connectivity index (χ4n) is 7.26. The van der Waals surface area contributed by atoms with Crippen LogP contribution in [0.4, 0.5) is 34.1 Å². The van der Waals surface area contributed by atoms with E-state index in [4.69, 9.17) is 0 Å². The topological polar surface area (TPSA) is 148 Å². The lowest BCUT2D eigenvalue weighted by Crippen LogP contribution is -2.32. The van der Waals surface area contributed by atoms with E-state index in [0.717, 1.165) is 0 Å². The second-order valence-corrected chi connectivity index (χ2v) is 15.1. The zero-order chi connectivity index (χ0) is 44.5. The SMILES string of the molecule is CCCN1C(=O)c2ccc(cc2)NC(=O)c2ccc(cc2)N(CCC)C(=O)c2ccc(cc2)NC(=O)c2ccc(cc2)N(CCC)C(=O)c2ccc(cc2)NC(=O)c2ccc1cc2. The van der Waals surface area contributed by atoms with Gasteiger partial charge >= 0.3 is 0 Å². The summed E-state index contributed by atoms with van der Waals surface area (Å²) in [5, 5.41) is 8.65. The van der Waals surface area contributed by atoms with Crippen molar-refractivity contribution in [1.82, 2.24) is 0 Å². The largest absolute Gasteiger partial charge is 0.322 e. The lowest BCUT2D eigenvalue weighted by Gasteiger charge is -2.23. The molecule has 63 heavy (non-hydrogen) atoms. The predicted molar refractivity (Wildman–Crippen MR) is 248 cm³/mol. The van der Waals surface area contributed by atoms with Gasteiger partial charge in [-0.2, -0.15) is 0 Å². The average molecular weight is 841 g/mol. The minimum absolute atomic E-state index is 0.233. The second kappa shape index (κ2) is 19.7. The normalized spacial score (nSPS) is 13.9. The number of nitrogens with one attached hydrogen (secondary N) is 3. The summed E-state index contributed by atoms with van der Waals surface area (Å²) in [7, 11) is 0. The van der Waals surface area contributed by atoms with Gasteiger partial charge in [-0.15, -0.1) is 0 Å². The molecule has 10 heterocycles. The first-order valence-electron chi connectivity index (χ1n) is 21.1. The fourth-order valence-corrected chi connectivity index (χ4v) is 7.26. The first-order chi connectivity index (χ1) is 30.6. The van der Waals surface area contributed by atoms with E-state index in [9.17, 15) is 28.8 Å². The van der Waals surface area contributed by atoms with E-state index in [2.05, 4.69) is 16.0 Å². The molecule has 16 rings (SSSR count). The molecule has 10 aliphatic rings. The Balaban J connectivity index is 1.18. The van der Waals surface area contributed by atoms with Crippen molar-refractivity contribution >= 4 is 69.6 Å². The first kappa shape index (κ1) is 43.2. The highest BCUT2D eigenvalue weighted by atomic mass is 16.2. The molecule has 0 unspecified atom stereocenters. The number of anilines is 6. The molecule has 12 bridgehead atoms. The van der Waals surface area contributed by atoms with Crippen LogP contribution in [0.5, 0.6) is 0 Å². The van der Waals surface area contributed by atoms with Crippen molar-refractivity contribution < 1.29 is 28.8 Å². The summed E-state index contributed by atoms with van der Waals surface area (Å²) >= 11 is 0. The number of nitrogens with zero attached hydrogens (tertiary/aromatic N) is 3. The molecule has 0 atom stereocenters. The summed E-state index contributed by atoms with van der Waals surface area (Å²) in [6.07, 6.45) is 2.08. The number of amides is 6. The van der Waals surface area contributed by atoms with Crippen molar-refractivity contribution in [3.8, 4) is 0 Å². The van der Waals surface area contributed by atoms with E-state index < -0.39 is 0 Å². The molecule has 12 nitrogen and oxygen atoms in total. The van der Waals surface area contributed by atoms with Crippen molar-refractivity contribution in [3.05, 3.63) is 179 Å². The van der Waals surface area contributed by atoms with E-state index in [1.54, 1.807) is 160 Å². The molecule has 0 aromatic heterocycles. The van der Waals surface area contributed by atoms with Crippen LogP contribution in [0.3, 0.4) is 0 Å². The Morgan fingerprint density at radius 3 is 0.714 bits per heavy atom. The van der Waals surface area contributed by atoms with Gasteiger partial charge in [0.1, 0.15) is 0 Å². The van der Waals surface area contributed by atoms with Gasteiger partial charge in [0.15, 0.2) is 0 Å². The number of carbonyl (C=O) groups is 6. The molecule has 0 saturated carbocycles. The van der Waals surface area contributed by atoms with Gasteiger partial charge in [0.05, 0.1) is 0 Å². The van der Waals surface area contributed by atoms with Gasteiger partial charge in [-0.1, -0.05) is 20.8 Å². The third kappa shape index (κ3) is 10.0. The van der Waals surface area contributed by atoms with Crippen molar-refractivity contribution in [2.75, 3.05) is 50.3 Å². The van der Waals surface area contributed by atoms with Gasteiger partial charge in [0, 0.05) is 87.1 Å². The van der Waals surface area contributed by atoms with Crippen LogP contribution in [-0.4, -0.2) is 55.1 Å². The quantitative estimate of drug-likeness (QED) is 0.152. The maximum atomic E-state index is 13.8. The predicted octanol–water partition coefficient (Wildman–Crippen LogP) is 9.93. The Bertz CT molecular complexity index is 2320. The Morgan fingerprint density at radius 2 is 0.508 bits per heavy atom. The smallest absolute Gasteiger partial charge is 0.258 e. The van der Waals surface area contributed by atoms with E-state index in [0.29, 0.717) is 106 Å². The summed E-state index contributed by atoms with van der Waals surface area (Å²) in [6.45, 7) is 7.24. The van der Waals surface area contributed by atoms with Gasteiger partial charge in [-0.3, -0.25) is 28.8 Å². The van der Waals surface area contributed by atoms with Crippen LogP contribution >= 0.6 is 0 Å². The minimum atomic E-state index is -0.354. The van der Waals surface area contributed by atoms with Crippen LogP contribution < -0.4 is 30.7 Å². The highest BCUT2D eigenvalue weighted by Crippen LogP contribution is 2.25. The lowest BCUT2D eigenvalue weighted by molar-refractivity contribution is 0.0979. The minimum Gasteiger partial charge on any atom is -0.322 e. The molecule has 0 radical (unpaired) electrons. The molecule has 0 aliphatic carbocycles. The highest BCUT2D eigenvalue weighted by molar-refractivity contribution is 6.11. The van der Waals surface area contributed by atoms with Crippen LogP contribution in [0, 0.1) is 0 Å². The van der Waals surface area contributed by atoms with Crippen LogP contribution in [0.2, 0.25) is 0 Å². The molecule has 0 spiro atoms. The molecule has 6 aromatic rings. The monoisotopic (exact) mass is 840 g/mol. The standard InChI is InChI=1S/C51H48N6O6/c1-4-31-55-43-25-13-34(14-26-43)46(58)53-41-21-9-38(10-22-41)50(62)57(33-6-3)45-29-17-36(18-30-45)48(60)54-42-23-11-39(12-24-42)51(63)56(32-5-2)44-27-15-35(16-28-44)47(59)52-40-19-7-37(8-20-40)49(55)61/h7-30H,4-6,31-33H2,1-3H3,(H,52,59)(H,53,58)(H,54,60). The first-order valence-corrected chi connectivity index (χ1v) is 21.1.